The summed E-state index contributed by atoms with van der Waals surface area (Å²) >= 11 is 0. The Balaban J connectivity index is 2.45. The zero-order valence-corrected chi connectivity index (χ0v) is 12.3. The Morgan fingerprint density at radius 3 is 2.56 bits per heavy atom. The minimum Gasteiger partial charge on any atom is -0.399 e. The minimum atomic E-state index is 0.352. The molecule has 0 amide bonds. The summed E-state index contributed by atoms with van der Waals surface area (Å²) in [5.74, 6) is 0. The Labute approximate surface area is 112 Å². The van der Waals surface area contributed by atoms with Gasteiger partial charge in [-0.2, -0.15) is 0 Å². The number of nitrogens with two attached hydrogens (primary N) is 1. The van der Waals surface area contributed by atoms with E-state index in [0.717, 1.165) is 17.8 Å². The third kappa shape index (κ3) is 4.99. The Morgan fingerprint density at radius 1 is 1.22 bits per heavy atom. The minimum absolute atomic E-state index is 0.352. The van der Waals surface area contributed by atoms with Gasteiger partial charge < -0.3 is 11.1 Å². The monoisotopic (exact) mass is 248 g/mol. The predicted octanol–water partition coefficient (Wildman–Crippen LogP) is 4.60. The zero-order valence-electron chi connectivity index (χ0n) is 12.3. The second kappa shape index (κ2) is 6.67. The van der Waals surface area contributed by atoms with Crippen LogP contribution in [0.25, 0.3) is 0 Å². The van der Waals surface area contributed by atoms with Crippen LogP contribution in [0.5, 0.6) is 0 Å². The molecule has 1 aromatic carbocycles. The molecule has 0 radical (unpaired) electrons. The fourth-order valence-corrected chi connectivity index (χ4v) is 2.07. The van der Waals surface area contributed by atoms with Gasteiger partial charge in [-0.05, 0) is 42.5 Å². The lowest BCUT2D eigenvalue weighted by molar-refractivity contribution is 0.342. The summed E-state index contributed by atoms with van der Waals surface area (Å²) in [6, 6.07) is 6.16. The number of nitrogen functional groups attached to an aromatic ring is 1. The lowest BCUT2D eigenvalue weighted by Crippen LogP contribution is -2.23. The smallest absolute Gasteiger partial charge is 0.0345 e. The van der Waals surface area contributed by atoms with Crippen LogP contribution < -0.4 is 11.1 Å². The molecule has 1 rings (SSSR count). The number of unbranched alkanes of at least 4 members (excludes halogenated alkanes) is 2. The molecule has 0 heterocycles. The predicted molar refractivity (Wildman–Crippen MR) is 82.0 cm³/mol. The van der Waals surface area contributed by atoms with Crippen molar-refractivity contribution in [2.75, 3.05) is 17.6 Å². The van der Waals surface area contributed by atoms with Crippen LogP contribution in [0.3, 0.4) is 0 Å². The Bertz CT molecular complexity index is 369. The Hall–Kier alpha value is -1.18. The van der Waals surface area contributed by atoms with Gasteiger partial charge in [0.25, 0.3) is 0 Å². The molecule has 0 saturated heterocycles. The van der Waals surface area contributed by atoms with Crippen LogP contribution in [0.4, 0.5) is 11.4 Å². The number of anilines is 2. The molecule has 0 saturated carbocycles. The van der Waals surface area contributed by atoms with Gasteiger partial charge in [-0.1, -0.05) is 40.0 Å². The summed E-state index contributed by atoms with van der Waals surface area (Å²) in [7, 11) is 0. The van der Waals surface area contributed by atoms with E-state index in [-0.39, 0.29) is 0 Å². The van der Waals surface area contributed by atoms with E-state index in [4.69, 9.17) is 5.73 Å². The first kappa shape index (κ1) is 14.9. The maximum Gasteiger partial charge on any atom is 0.0345 e. The van der Waals surface area contributed by atoms with Gasteiger partial charge in [0.15, 0.2) is 0 Å². The van der Waals surface area contributed by atoms with Crippen molar-refractivity contribution in [1.82, 2.24) is 0 Å². The quantitative estimate of drug-likeness (QED) is 0.547. The molecule has 1 aromatic rings. The van der Waals surface area contributed by atoms with E-state index < -0.39 is 0 Å². The van der Waals surface area contributed by atoms with Crippen molar-refractivity contribution in [3.05, 3.63) is 23.8 Å². The molecule has 0 aliphatic carbocycles. The van der Waals surface area contributed by atoms with Crippen molar-refractivity contribution in [3.63, 3.8) is 0 Å². The number of benzene rings is 1. The van der Waals surface area contributed by atoms with Crippen molar-refractivity contribution in [3.8, 4) is 0 Å². The average Bonchev–Trinajstić information content (AvgIpc) is 2.31. The fraction of sp³-hybridized carbons (Fsp3) is 0.625. The lowest BCUT2D eigenvalue weighted by Gasteiger charge is -2.25. The molecule has 0 aromatic heterocycles. The van der Waals surface area contributed by atoms with Crippen molar-refractivity contribution < 1.29 is 0 Å². The van der Waals surface area contributed by atoms with E-state index in [1.54, 1.807) is 0 Å². The number of nitrogens with one attached hydrogen (secondary N) is 1. The van der Waals surface area contributed by atoms with Gasteiger partial charge in [0.2, 0.25) is 0 Å². The summed E-state index contributed by atoms with van der Waals surface area (Å²) in [4.78, 5) is 0. The molecular formula is C16H28N2. The van der Waals surface area contributed by atoms with Gasteiger partial charge in [0, 0.05) is 17.9 Å². The molecule has 0 unspecified atom stereocenters. The van der Waals surface area contributed by atoms with Crippen molar-refractivity contribution in [2.24, 2.45) is 5.41 Å². The van der Waals surface area contributed by atoms with E-state index >= 15 is 0 Å². The molecule has 0 aliphatic rings. The highest BCUT2D eigenvalue weighted by molar-refractivity contribution is 5.56. The zero-order chi connectivity index (χ0) is 13.6. The number of rotatable bonds is 7. The maximum atomic E-state index is 5.82. The summed E-state index contributed by atoms with van der Waals surface area (Å²) in [6.07, 6.45) is 5.23. The second-order valence-electron chi connectivity index (χ2n) is 6.05. The summed E-state index contributed by atoms with van der Waals surface area (Å²) < 4.78 is 0. The Morgan fingerprint density at radius 2 is 1.94 bits per heavy atom. The fourth-order valence-electron chi connectivity index (χ4n) is 2.07. The normalized spacial score (nSPS) is 11.6. The third-order valence-electron chi connectivity index (χ3n) is 3.50. The van der Waals surface area contributed by atoms with Crippen molar-refractivity contribution in [2.45, 2.75) is 53.4 Å². The molecule has 2 nitrogen and oxygen atoms in total. The van der Waals surface area contributed by atoms with Crippen LogP contribution in [0.2, 0.25) is 0 Å². The topological polar surface area (TPSA) is 38.0 Å². The van der Waals surface area contributed by atoms with Crippen LogP contribution >= 0.6 is 0 Å². The van der Waals surface area contributed by atoms with E-state index in [2.05, 4.69) is 38.2 Å². The molecule has 3 N–H and O–H groups in total. The molecular weight excluding hydrogens is 220 g/mol. The summed E-state index contributed by atoms with van der Waals surface area (Å²) in [5, 5.41) is 3.52. The van der Waals surface area contributed by atoms with E-state index in [1.807, 2.05) is 13.0 Å². The van der Waals surface area contributed by atoms with Crippen LogP contribution in [-0.2, 0) is 0 Å². The van der Waals surface area contributed by atoms with Gasteiger partial charge in [0.1, 0.15) is 0 Å². The third-order valence-corrected chi connectivity index (χ3v) is 3.50. The van der Waals surface area contributed by atoms with Gasteiger partial charge in [-0.25, -0.2) is 0 Å². The van der Waals surface area contributed by atoms with Crippen LogP contribution in [0.15, 0.2) is 18.2 Å². The highest BCUT2D eigenvalue weighted by Crippen LogP contribution is 2.25. The average molecular weight is 248 g/mol. The van der Waals surface area contributed by atoms with Crippen LogP contribution in [0.1, 0.15) is 52.0 Å². The Kier molecular flexibility index (Phi) is 5.52. The first-order valence-corrected chi connectivity index (χ1v) is 7.04. The molecule has 0 bridgehead atoms. The first-order valence-electron chi connectivity index (χ1n) is 7.04. The molecule has 0 aliphatic heterocycles. The van der Waals surface area contributed by atoms with Crippen LogP contribution in [-0.4, -0.2) is 6.54 Å². The molecule has 0 spiro atoms. The van der Waals surface area contributed by atoms with E-state index in [1.165, 1.54) is 31.4 Å². The van der Waals surface area contributed by atoms with E-state index in [0.29, 0.717) is 5.41 Å². The van der Waals surface area contributed by atoms with Crippen molar-refractivity contribution >= 4 is 11.4 Å². The maximum absolute atomic E-state index is 5.82. The number of aryl methyl sites for hydroxylation is 1. The highest BCUT2D eigenvalue weighted by atomic mass is 14.9. The largest absolute Gasteiger partial charge is 0.399 e. The van der Waals surface area contributed by atoms with Crippen LogP contribution in [0, 0.1) is 12.3 Å². The van der Waals surface area contributed by atoms with Gasteiger partial charge in [-0.3, -0.25) is 0 Å². The second-order valence-corrected chi connectivity index (χ2v) is 6.05. The van der Waals surface area contributed by atoms with Crippen molar-refractivity contribution in [1.29, 1.82) is 0 Å². The standard InChI is InChI=1S/C16H28N2/c1-5-6-7-10-16(3,4)12-18-14-8-9-15(17)13(2)11-14/h8-9,11,18H,5-7,10,12,17H2,1-4H3. The summed E-state index contributed by atoms with van der Waals surface area (Å²) in [6.45, 7) is 9.98. The molecule has 0 atom stereocenters. The highest BCUT2D eigenvalue weighted by Gasteiger charge is 2.16. The molecule has 2 heteroatoms. The van der Waals surface area contributed by atoms with E-state index in [9.17, 15) is 0 Å². The first-order chi connectivity index (χ1) is 8.44. The molecule has 18 heavy (non-hydrogen) atoms. The van der Waals surface area contributed by atoms with Gasteiger partial charge in [-0.15, -0.1) is 0 Å². The number of hydrogen-bond donors (Lipinski definition) is 2. The van der Waals surface area contributed by atoms with Gasteiger partial charge in [0.05, 0.1) is 0 Å². The van der Waals surface area contributed by atoms with Gasteiger partial charge >= 0.3 is 0 Å². The number of hydrogen-bond acceptors (Lipinski definition) is 2. The SMILES string of the molecule is CCCCCC(C)(C)CNc1ccc(N)c(C)c1. The summed E-state index contributed by atoms with van der Waals surface area (Å²) in [5.41, 5.74) is 9.35. The molecule has 102 valence electrons. The molecule has 0 fully saturated rings. The lowest BCUT2D eigenvalue weighted by atomic mass is 9.87.